The highest BCUT2D eigenvalue weighted by Gasteiger charge is 2.19. The Kier molecular flexibility index (Phi) is 46.7. The second kappa shape index (κ2) is 50.2. The lowest BCUT2D eigenvalue weighted by Crippen LogP contribution is -2.30. The molecule has 0 aromatic heterocycles. The summed E-state index contributed by atoms with van der Waals surface area (Å²) >= 11 is 0. The Hall–Kier alpha value is -4.45. The fraction of sp³-hybridized carbons (Fsp3) is 0.561. The highest BCUT2D eigenvalue weighted by Crippen LogP contribution is 2.13. The van der Waals surface area contributed by atoms with Gasteiger partial charge in [0.1, 0.15) is 13.2 Å². The highest BCUT2D eigenvalue weighted by molar-refractivity contribution is 5.71. The van der Waals surface area contributed by atoms with Gasteiger partial charge in [-0.15, -0.1) is 0 Å². The number of allylic oxidation sites excluding steroid dienone is 22. The van der Waals surface area contributed by atoms with E-state index in [-0.39, 0.29) is 31.1 Å². The Labute approximate surface area is 385 Å². The Balaban J connectivity index is 4.53. The van der Waals surface area contributed by atoms with Gasteiger partial charge >= 0.3 is 17.9 Å². The van der Waals surface area contributed by atoms with Crippen LogP contribution in [0, 0.1) is 0 Å². The van der Waals surface area contributed by atoms with Crippen LogP contribution in [0.25, 0.3) is 0 Å². The molecule has 0 aliphatic rings. The zero-order valence-corrected chi connectivity index (χ0v) is 40.0. The molecular formula is C57H88O6. The van der Waals surface area contributed by atoms with Crippen LogP contribution in [0.2, 0.25) is 0 Å². The van der Waals surface area contributed by atoms with Crippen molar-refractivity contribution in [3.05, 3.63) is 134 Å². The number of hydrogen-bond donors (Lipinski definition) is 0. The molecule has 0 spiro atoms. The molecule has 0 aliphatic carbocycles. The molecule has 0 aromatic carbocycles. The molecule has 0 aliphatic heterocycles. The molecule has 6 heteroatoms. The molecule has 0 rings (SSSR count). The average molecular weight is 869 g/mol. The zero-order chi connectivity index (χ0) is 45.8. The fourth-order valence-corrected chi connectivity index (χ4v) is 6.17. The number of hydrogen-bond acceptors (Lipinski definition) is 6. The van der Waals surface area contributed by atoms with Crippen molar-refractivity contribution in [2.75, 3.05) is 13.2 Å². The quantitative estimate of drug-likeness (QED) is 0.0200. The summed E-state index contributed by atoms with van der Waals surface area (Å²) in [6.45, 7) is 6.21. The summed E-state index contributed by atoms with van der Waals surface area (Å²) in [6.07, 6.45) is 70.0. The lowest BCUT2D eigenvalue weighted by molar-refractivity contribution is -0.167. The van der Waals surface area contributed by atoms with Crippen LogP contribution < -0.4 is 0 Å². The fourth-order valence-electron chi connectivity index (χ4n) is 6.17. The van der Waals surface area contributed by atoms with Crippen LogP contribution in [0.15, 0.2) is 134 Å². The van der Waals surface area contributed by atoms with E-state index in [1.807, 2.05) is 72.9 Å². The molecule has 0 heterocycles. The number of carbonyl (C=O) groups excluding carboxylic acids is 3. The van der Waals surface area contributed by atoms with Crippen LogP contribution >= 0.6 is 0 Å². The van der Waals surface area contributed by atoms with Gasteiger partial charge in [0.25, 0.3) is 0 Å². The van der Waals surface area contributed by atoms with Gasteiger partial charge in [0.05, 0.1) is 0 Å². The first-order valence-corrected chi connectivity index (χ1v) is 24.8. The van der Waals surface area contributed by atoms with Crippen LogP contribution in [0.4, 0.5) is 0 Å². The van der Waals surface area contributed by atoms with Gasteiger partial charge in [0.2, 0.25) is 0 Å². The smallest absolute Gasteiger partial charge is 0.306 e. The summed E-state index contributed by atoms with van der Waals surface area (Å²) in [6, 6.07) is 0. The molecule has 0 N–H and O–H groups in total. The predicted molar refractivity (Wildman–Crippen MR) is 269 cm³/mol. The van der Waals surface area contributed by atoms with Gasteiger partial charge in [0.15, 0.2) is 6.10 Å². The first kappa shape index (κ1) is 58.6. The maximum atomic E-state index is 12.8. The molecule has 0 saturated heterocycles. The van der Waals surface area contributed by atoms with Crippen molar-refractivity contribution in [1.29, 1.82) is 0 Å². The molecule has 0 saturated carbocycles. The van der Waals surface area contributed by atoms with E-state index < -0.39 is 6.10 Å². The minimum absolute atomic E-state index is 0.113. The molecule has 0 aromatic rings. The molecule has 6 nitrogen and oxygen atoms in total. The maximum absolute atomic E-state index is 12.8. The third-order valence-corrected chi connectivity index (χ3v) is 9.82. The SMILES string of the molecule is CC\C=C/C=C\C=C/C=C\CCCCCC(=O)OCC(COC(=O)CCCCCCC\C=C/C=C\C=C/C=C\C=C/CCC)OC(=O)CCCCCCCCC/C=C\C/C=C\CC. The van der Waals surface area contributed by atoms with Gasteiger partial charge in [-0.3, -0.25) is 14.4 Å². The average Bonchev–Trinajstić information content (AvgIpc) is 3.28. The monoisotopic (exact) mass is 869 g/mol. The van der Waals surface area contributed by atoms with Gasteiger partial charge in [-0.2, -0.15) is 0 Å². The van der Waals surface area contributed by atoms with Gasteiger partial charge < -0.3 is 14.2 Å². The molecule has 0 fully saturated rings. The number of esters is 3. The minimum atomic E-state index is -0.814. The Morgan fingerprint density at radius 1 is 0.349 bits per heavy atom. The lowest BCUT2D eigenvalue weighted by atomic mass is 10.1. The summed E-state index contributed by atoms with van der Waals surface area (Å²) in [5.74, 6) is -0.996. The second-order valence-electron chi connectivity index (χ2n) is 15.8. The first-order valence-electron chi connectivity index (χ1n) is 24.8. The van der Waals surface area contributed by atoms with Crippen LogP contribution in [0.3, 0.4) is 0 Å². The third kappa shape index (κ3) is 48.4. The second-order valence-corrected chi connectivity index (χ2v) is 15.8. The van der Waals surface area contributed by atoms with E-state index in [1.54, 1.807) is 0 Å². The number of unbranched alkanes of at least 4 members (excludes halogenated alkanes) is 16. The standard InChI is InChI=1S/C57H88O6/c1-4-7-10-13-16-19-22-25-27-28-29-30-33-35-38-41-44-47-50-56(59)62-53-54(52-61-55(58)49-46-43-40-37-34-31-24-21-18-15-12-9-6-3)63-57(60)51-48-45-42-39-36-32-26-23-20-17-14-11-8-5-2/h8-13,15-22,24-25,27-31,34,54H,4-7,14,23,26,32-33,35-53H2,1-3H3/b11-8-,12-9-,13-10-,18-15-,19-16-,20-17-,24-21-,25-22-,28-27-,30-29-,34-31-. The van der Waals surface area contributed by atoms with E-state index in [1.165, 1.54) is 32.1 Å². The van der Waals surface area contributed by atoms with Gasteiger partial charge in [-0.25, -0.2) is 0 Å². The normalized spacial score (nSPS) is 13.3. The van der Waals surface area contributed by atoms with E-state index in [2.05, 4.69) is 81.5 Å². The predicted octanol–water partition coefficient (Wildman–Crippen LogP) is 16.3. The summed E-state index contributed by atoms with van der Waals surface area (Å²) in [5, 5.41) is 0. The van der Waals surface area contributed by atoms with Crippen molar-refractivity contribution in [2.24, 2.45) is 0 Å². The van der Waals surface area contributed by atoms with E-state index in [0.717, 1.165) is 116 Å². The Morgan fingerprint density at radius 3 is 1.16 bits per heavy atom. The van der Waals surface area contributed by atoms with E-state index in [9.17, 15) is 14.4 Å². The van der Waals surface area contributed by atoms with Crippen molar-refractivity contribution < 1.29 is 28.6 Å². The number of carbonyl (C=O) groups is 3. The van der Waals surface area contributed by atoms with Gasteiger partial charge in [-0.1, -0.05) is 219 Å². The first-order chi connectivity index (χ1) is 31.0. The molecule has 1 unspecified atom stereocenters. The van der Waals surface area contributed by atoms with Crippen LogP contribution in [-0.2, 0) is 28.6 Å². The van der Waals surface area contributed by atoms with E-state index in [0.29, 0.717) is 19.3 Å². The van der Waals surface area contributed by atoms with Gasteiger partial charge in [0, 0.05) is 19.3 Å². The Bertz CT molecular complexity index is 1420. The van der Waals surface area contributed by atoms with Crippen LogP contribution in [0.1, 0.15) is 188 Å². The topological polar surface area (TPSA) is 78.9 Å². The molecule has 1 atom stereocenters. The van der Waals surface area contributed by atoms with E-state index in [4.69, 9.17) is 14.2 Å². The largest absolute Gasteiger partial charge is 0.462 e. The molecule has 352 valence electrons. The van der Waals surface area contributed by atoms with Crippen molar-refractivity contribution in [3.8, 4) is 0 Å². The maximum Gasteiger partial charge on any atom is 0.306 e. The lowest BCUT2D eigenvalue weighted by Gasteiger charge is -2.18. The molecule has 0 amide bonds. The number of ether oxygens (including phenoxy) is 3. The van der Waals surface area contributed by atoms with Crippen LogP contribution in [0.5, 0.6) is 0 Å². The van der Waals surface area contributed by atoms with Crippen LogP contribution in [-0.4, -0.2) is 37.2 Å². The van der Waals surface area contributed by atoms with E-state index >= 15 is 0 Å². The molecular weight excluding hydrogens is 781 g/mol. The zero-order valence-electron chi connectivity index (χ0n) is 40.0. The number of rotatable bonds is 42. The summed E-state index contributed by atoms with van der Waals surface area (Å²) in [5.41, 5.74) is 0. The summed E-state index contributed by atoms with van der Waals surface area (Å²) in [7, 11) is 0. The van der Waals surface area contributed by atoms with Crippen molar-refractivity contribution in [3.63, 3.8) is 0 Å². The van der Waals surface area contributed by atoms with Gasteiger partial charge in [-0.05, 0) is 83.5 Å². The van der Waals surface area contributed by atoms with Crippen molar-refractivity contribution in [2.45, 2.75) is 194 Å². The Morgan fingerprint density at radius 2 is 0.698 bits per heavy atom. The van der Waals surface area contributed by atoms with Crippen molar-refractivity contribution in [1.82, 2.24) is 0 Å². The molecule has 0 bridgehead atoms. The molecule has 0 radical (unpaired) electrons. The third-order valence-electron chi connectivity index (χ3n) is 9.82. The highest BCUT2D eigenvalue weighted by atomic mass is 16.6. The molecule has 63 heavy (non-hydrogen) atoms. The summed E-state index contributed by atoms with van der Waals surface area (Å²) in [4.78, 5) is 37.9. The minimum Gasteiger partial charge on any atom is -0.462 e. The van der Waals surface area contributed by atoms with Crippen molar-refractivity contribution >= 4 is 17.9 Å². The summed E-state index contributed by atoms with van der Waals surface area (Å²) < 4.78 is 16.7.